The maximum atomic E-state index is 12.1. The minimum absolute atomic E-state index is 0.0316. The summed E-state index contributed by atoms with van der Waals surface area (Å²) in [5.74, 6) is 0.441. The Morgan fingerprint density at radius 3 is 2.68 bits per heavy atom. The number of carbonyl (C=O) groups excluding carboxylic acids is 1. The van der Waals surface area contributed by atoms with Crippen LogP contribution in [0.1, 0.15) is 11.3 Å². The number of cyclic esters (lactones) is 1. The molecule has 8 heteroatoms. The Hall–Kier alpha value is -3.52. The molecule has 0 N–H and O–H groups in total. The number of rotatable bonds is 4. The van der Waals surface area contributed by atoms with E-state index in [0.29, 0.717) is 22.6 Å². The van der Waals surface area contributed by atoms with Gasteiger partial charge in [-0.25, -0.2) is 9.79 Å². The molecule has 0 aliphatic carbocycles. The first-order valence-electron chi connectivity index (χ1n) is 8.13. The zero-order valence-corrected chi connectivity index (χ0v) is 15.8. The van der Waals surface area contributed by atoms with Crippen molar-refractivity contribution in [3.63, 3.8) is 0 Å². The van der Waals surface area contributed by atoms with Crippen molar-refractivity contribution in [3.05, 3.63) is 92.3 Å². The Morgan fingerprint density at radius 2 is 1.89 bits per heavy atom. The Morgan fingerprint density at radius 1 is 1.07 bits per heavy atom. The van der Waals surface area contributed by atoms with Crippen molar-refractivity contribution in [3.8, 4) is 11.3 Å². The van der Waals surface area contributed by atoms with Crippen molar-refractivity contribution in [1.29, 1.82) is 0 Å². The fourth-order valence-corrected chi connectivity index (χ4v) is 3.11. The number of nitro groups is 1. The van der Waals surface area contributed by atoms with Gasteiger partial charge in [-0.1, -0.05) is 24.3 Å². The number of nitrogens with zero attached hydrogens (tertiary/aromatic N) is 2. The molecule has 0 unspecified atom stereocenters. The number of non-ortho nitro benzene ring substituents is 1. The van der Waals surface area contributed by atoms with Crippen molar-refractivity contribution in [2.45, 2.75) is 0 Å². The minimum atomic E-state index is -0.584. The lowest BCUT2D eigenvalue weighted by molar-refractivity contribution is -0.384. The number of hydrogen-bond donors (Lipinski definition) is 0. The summed E-state index contributed by atoms with van der Waals surface area (Å²) in [6.45, 7) is 0. The maximum Gasteiger partial charge on any atom is 0.363 e. The smallest absolute Gasteiger partial charge is 0.363 e. The monoisotopic (exact) mass is 438 g/mol. The molecule has 138 valence electrons. The SMILES string of the molecule is O=C1OC(c2ccccc2Br)=NC1=Cc1ccc(-c2cccc([N+](=O)[O-])c2)o1. The topological polar surface area (TPSA) is 94.9 Å². The first kappa shape index (κ1) is 17.9. The van der Waals surface area contributed by atoms with E-state index < -0.39 is 10.9 Å². The van der Waals surface area contributed by atoms with E-state index in [1.165, 1.54) is 18.2 Å². The number of aliphatic imine (C=N–C) groups is 1. The molecule has 2 heterocycles. The number of halogens is 1. The molecule has 3 aromatic rings. The highest BCUT2D eigenvalue weighted by Gasteiger charge is 2.25. The third kappa shape index (κ3) is 3.49. The summed E-state index contributed by atoms with van der Waals surface area (Å²) in [7, 11) is 0. The quantitative estimate of drug-likeness (QED) is 0.248. The molecule has 1 aliphatic rings. The molecule has 0 atom stereocenters. The van der Waals surface area contributed by atoms with Gasteiger partial charge in [0.05, 0.1) is 10.5 Å². The molecule has 0 bridgehead atoms. The number of benzene rings is 2. The van der Waals surface area contributed by atoms with Crippen molar-refractivity contribution in [2.75, 3.05) is 0 Å². The van der Waals surface area contributed by atoms with Crippen LogP contribution in [0.5, 0.6) is 0 Å². The third-order valence-corrected chi connectivity index (χ3v) is 4.66. The summed E-state index contributed by atoms with van der Waals surface area (Å²) < 4.78 is 11.7. The molecular weight excluding hydrogens is 428 g/mol. The van der Waals surface area contributed by atoms with Crippen LogP contribution in [-0.2, 0) is 9.53 Å². The molecule has 0 amide bonds. The van der Waals surface area contributed by atoms with E-state index in [-0.39, 0.29) is 17.3 Å². The van der Waals surface area contributed by atoms with E-state index >= 15 is 0 Å². The molecule has 28 heavy (non-hydrogen) atoms. The summed E-state index contributed by atoms with van der Waals surface area (Å²) >= 11 is 3.40. The highest BCUT2D eigenvalue weighted by molar-refractivity contribution is 9.10. The summed E-state index contributed by atoms with van der Waals surface area (Å²) in [6, 6.07) is 16.7. The van der Waals surface area contributed by atoms with Crippen LogP contribution >= 0.6 is 15.9 Å². The maximum absolute atomic E-state index is 12.1. The molecule has 0 saturated carbocycles. The first-order chi connectivity index (χ1) is 13.5. The zero-order valence-electron chi connectivity index (χ0n) is 14.2. The molecule has 0 radical (unpaired) electrons. The lowest BCUT2D eigenvalue weighted by Crippen LogP contribution is -2.05. The van der Waals surface area contributed by atoms with Crippen LogP contribution in [0.25, 0.3) is 17.4 Å². The Kier molecular flexibility index (Phi) is 4.62. The number of nitro benzene ring substituents is 1. The number of ether oxygens (including phenoxy) is 1. The molecule has 2 aromatic carbocycles. The van der Waals surface area contributed by atoms with Gasteiger partial charge in [-0.15, -0.1) is 0 Å². The van der Waals surface area contributed by atoms with Crippen LogP contribution in [0.3, 0.4) is 0 Å². The van der Waals surface area contributed by atoms with Gasteiger partial charge in [0.15, 0.2) is 5.70 Å². The standard InChI is InChI=1S/C20H11BrN2O5/c21-16-7-2-1-6-15(16)19-22-17(20(24)28-19)11-14-8-9-18(27-14)12-4-3-5-13(10-12)23(25)26/h1-11H. The van der Waals surface area contributed by atoms with Crippen LogP contribution in [0.15, 0.2) is 80.2 Å². The average Bonchev–Trinajstić information content (AvgIpc) is 3.30. The first-order valence-corrected chi connectivity index (χ1v) is 8.93. The number of furan rings is 1. The van der Waals surface area contributed by atoms with E-state index in [2.05, 4.69) is 20.9 Å². The molecule has 0 saturated heterocycles. The number of carbonyl (C=O) groups is 1. The highest BCUT2D eigenvalue weighted by Crippen LogP contribution is 2.28. The van der Waals surface area contributed by atoms with Crippen LogP contribution in [0, 0.1) is 10.1 Å². The predicted octanol–water partition coefficient (Wildman–Crippen LogP) is 4.96. The second kappa shape index (κ2) is 7.24. The normalized spacial score (nSPS) is 14.8. The van der Waals surface area contributed by atoms with Gasteiger partial charge in [0.1, 0.15) is 11.5 Å². The van der Waals surface area contributed by atoms with Gasteiger partial charge >= 0.3 is 5.97 Å². The molecule has 1 aliphatic heterocycles. The summed E-state index contributed by atoms with van der Waals surface area (Å²) in [6.07, 6.45) is 1.47. The van der Waals surface area contributed by atoms with E-state index in [9.17, 15) is 14.9 Å². The van der Waals surface area contributed by atoms with Crippen LogP contribution in [-0.4, -0.2) is 16.8 Å². The third-order valence-electron chi connectivity index (χ3n) is 3.97. The van der Waals surface area contributed by atoms with Gasteiger partial charge in [-0.05, 0) is 40.2 Å². The van der Waals surface area contributed by atoms with Crippen LogP contribution in [0.2, 0.25) is 0 Å². The van der Waals surface area contributed by atoms with Crippen molar-refractivity contribution in [2.24, 2.45) is 4.99 Å². The van der Waals surface area contributed by atoms with Crippen molar-refractivity contribution >= 4 is 39.6 Å². The van der Waals surface area contributed by atoms with Gasteiger partial charge in [0, 0.05) is 28.2 Å². The fraction of sp³-hybridized carbons (Fsp3) is 0. The van der Waals surface area contributed by atoms with Gasteiger partial charge in [0.2, 0.25) is 5.90 Å². The summed E-state index contributed by atoms with van der Waals surface area (Å²) in [5.41, 5.74) is 1.29. The largest absolute Gasteiger partial charge is 0.457 e. The number of esters is 1. The lowest BCUT2D eigenvalue weighted by Gasteiger charge is -2.01. The molecule has 4 rings (SSSR count). The van der Waals surface area contributed by atoms with Gasteiger partial charge in [0.25, 0.3) is 5.69 Å². The lowest BCUT2D eigenvalue weighted by atomic mass is 10.1. The van der Waals surface area contributed by atoms with Gasteiger partial charge in [-0.2, -0.15) is 0 Å². The molecule has 0 spiro atoms. The molecular formula is C20H11BrN2O5. The van der Waals surface area contributed by atoms with Gasteiger partial charge < -0.3 is 9.15 Å². The number of hydrogen-bond acceptors (Lipinski definition) is 6. The Balaban J connectivity index is 1.64. The van der Waals surface area contributed by atoms with Gasteiger partial charge in [-0.3, -0.25) is 10.1 Å². The Labute approximate surface area is 167 Å². The van der Waals surface area contributed by atoms with Crippen LogP contribution < -0.4 is 0 Å². The molecule has 7 nitrogen and oxygen atoms in total. The second-order valence-corrected chi connectivity index (χ2v) is 6.68. The Bertz CT molecular complexity index is 1160. The zero-order chi connectivity index (χ0) is 19.7. The summed E-state index contributed by atoms with van der Waals surface area (Å²) in [4.78, 5) is 26.8. The highest BCUT2D eigenvalue weighted by atomic mass is 79.9. The predicted molar refractivity (Wildman–Crippen MR) is 106 cm³/mol. The van der Waals surface area contributed by atoms with Crippen molar-refractivity contribution in [1.82, 2.24) is 0 Å². The summed E-state index contributed by atoms with van der Waals surface area (Å²) in [5, 5.41) is 10.9. The van der Waals surface area contributed by atoms with Crippen molar-refractivity contribution < 1.29 is 18.9 Å². The fourth-order valence-electron chi connectivity index (χ4n) is 2.65. The molecule has 0 fully saturated rings. The average molecular weight is 439 g/mol. The minimum Gasteiger partial charge on any atom is -0.457 e. The van der Waals surface area contributed by atoms with E-state index in [0.717, 1.165) is 4.47 Å². The van der Waals surface area contributed by atoms with E-state index in [1.807, 2.05) is 18.2 Å². The van der Waals surface area contributed by atoms with E-state index in [1.54, 1.807) is 30.3 Å². The van der Waals surface area contributed by atoms with Crippen LogP contribution in [0.4, 0.5) is 5.69 Å². The molecule has 1 aromatic heterocycles. The second-order valence-electron chi connectivity index (χ2n) is 5.83. The van der Waals surface area contributed by atoms with E-state index in [4.69, 9.17) is 9.15 Å².